The number of carbonyl (C=O) groups is 1. The van der Waals surface area contributed by atoms with Gasteiger partial charge in [-0.05, 0) is 25.7 Å². The van der Waals surface area contributed by atoms with Crippen molar-refractivity contribution in [3.63, 3.8) is 0 Å². The van der Waals surface area contributed by atoms with Crippen molar-refractivity contribution in [3.05, 3.63) is 18.2 Å². The summed E-state index contributed by atoms with van der Waals surface area (Å²) in [7, 11) is 1.73. The zero-order valence-corrected chi connectivity index (χ0v) is 14.1. The molecule has 0 unspecified atom stereocenters. The summed E-state index contributed by atoms with van der Waals surface area (Å²) in [6.07, 6.45) is 7.83. The zero-order chi connectivity index (χ0) is 16.4. The van der Waals surface area contributed by atoms with Gasteiger partial charge in [0.2, 0.25) is 5.91 Å². The lowest BCUT2D eigenvalue weighted by molar-refractivity contribution is -0.140. The Balaban J connectivity index is 1.65. The number of aliphatic hydroxyl groups excluding tert-OH is 1. The highest BCUT2D eigenvalue weighted by Crippen LogP contribution is 2.42. The van der Waals surface area contributed by atoms with E-state index in [1.54, 1.807) is 13.3 Å². The normalized spacial score (nSPS) is 30.5. The number of fused-ring (bicyclic) bond motifs is 1. The molecule has 0 spiro atoms. The molecular weight excluding hydrogens is 294 g/mol. The van der Waals surface area contributed by atoms with Gasteiger partial charge in [0.15, 0.2) is 0 Å². The molecule has 6 nitrogen and oxygen atoms in total. The molecule has 0 radical (unpaired) electrons. The summed E-state index contributed by atoms with van der Waals surface area (Å²) in [6.45, 7) is 3.46. The van der Waals surface area contributed by atoms with Crippen molar-refractivity contribution in [3.8, 4) is 0 Å². The molecule has 128 valence electrons. The van der Waals surface area contributed by atoms with E-state index in [0.717, 1.165) is 38.1 Å². The van der Waals surface area contributed by atoms with Gasteiger partial charge in [0, 0.05) is 45.4 Å². The molecule has 0 aromatic carbocycles. The molecule has 1 aliphatic heterocycles. The quantitative estimate of drug-likeness (QED) is 0.889. The number of hydrogen-bond acceptors (Lipinski definition) is 4. The van der Waals surface area contributed by atoms with Crippen LogP contribution in [0, 0.1) is 0 Å². The third kappa shape index (κ3) is 3.02. The fourth-order valence-electron chi connectivity index (χ4n) is 4.19. The molecule has 1 amide bonds. The Hall–Kier alpha value is -1.40. The molecule has 23 heavy (non-hydrogen) atoms. The molecule has 1 aromatic heterocycles. The van der Waals surface area contributed by atoms with Crippen LogP contribution in [0.15, 0.2) is 12.4 Å². The molecule has 1 saturated heterocycles. The maximum Gasteiger partial charge on any atom is 0.224 e. The van der Waals surface area contributed by atoms with Crippen molar-refractivity contribution in [2.24, 2.45) is 0 Å². The number of carbonyl (C=O) groups excluding carboxylic acids is 1. The average molecular weight is 321 g/mol. The predicted octanol–water partition coefficient (Wildman–Crippen LogP) is 1.37. The van der Waals surface area contributed by atoms with E-state index in [4.69, 9.17) is 4.74 Å². The molecule has 2 heterocycles. The minimum atomic E-state index is -0.322. The third-order valence-corrected chi connectivity index (χ3v) is 5.57. The van der Waals surface area contributed by atoms with Gasteiger partial charge >= 0.3 is 0 Å². The highest BCUT2D eigenvalue weighted by atomic mass is 16.5. The lowest BCUT2D eigenvalue weighted by Crippen LogP contribution is -2.52. The average Bonchev–Trinajstić information content (AvgIpc) is 3.16. The number of amides is 1. The van der Waals surface area contributed by atoms with Crippen LogP contribution in [-0.2, 0) is 22.5 Å². The van der Waals surface area contributed by atoms with Crippen LogP contribution < -0.4 is 0 Å². The Labute approximate surface area is 137 Å². The van der Waals surface area contributed by atoms with Crippen molar-refractivity contribution in [1.82, 2.24) is 14.5 Å². The zero-order valence-electron chi connectivity index (χ0n) is 14.1. The molecule has 1 saturated carbocycles. The van der Waals surface area contributed by atoms with Crippen LogP contribution in [0.4, 0.5) is 0 Å². The second-order valence-electron chi connectivity index (χ2n) is 6.69. The molecule has 2 fully saturated rings. The van der Waals surface area contributed by atoms with Crippen LogP contribution in [0.3, 0.4) is 0 Å². The first kappa shape index (κ1) is 16.5. The Morgan fingerprint density at radius 2 is 2.35 bits per heavy atom. The Bertz CT molecular complexity index is 559. The second kappa shape index (κ2) is 6.61. The summed E-state index contributed by atoms with van der Waals surface area (Å²) in [5.41, 5.74) is -0.252. The fourth-order valence-corrected chi connectivity index (χ4v) is 4.19. The Morgan fingerprint density at radius 1 is 1.52 bits per heavy atom. The summed E-state index contributed by atoms with van der Waals surface area (Å²) in [4.78, 5) is 18.9. The first-order valence-corrected chi connectivity index (χ1v) is 8.62. The van der Waals surface area contributed by atoms with Crippen molar-refractivity contribution in [2.75, 3.05) is 13.7 Å². The number of hydrogen-bond donors (Lipinski definition) is 1. The first-order valence-electron chi connectivity index (χ1n) is 8.62. The van der Waals surface area contributed by atoms with Crippen LogP contribution in [-0.4, -0.2) is 56.9 Å². The predicted molar refractivity (Wildman–Crippen MR) is 85.9 cm³/mol. The summed E-state index contributed by atoms with van der Waals surface area (Å²) in [6, 6.07) is 0.0113. The minimum Gasteiger partial charge on any atom is -0.393 e. The van der Waals surface area contributed by atoms with Crippen LogP contribution in [0.1, 0.15) is 44.9 Å². The number of likely N-dealkylation sites (tertiary alicyclic amines) is 1. The van der Waals surface area contributed by atoms with E-state index in [2.05, 4.69) is 11.9 Å². The summed E-state index contributed by atoms with van der Waals surface area (Å²) in [5.74, 6) is 1.16. The monoisotopic (exact) mass is 321 g/mol. The second-order valence-corrected chi connectivity index (χ2v) is 6.69. The first-order chi connectivity index (χ1) is 11.1. The molecule has 3 atom stereocenters. The number of aliphatic hydroxyl groups is 1. The number of rotatable bonds is 5. The lowest BCUT2D eigenvalue weighted by atomic mass is 9.79. The number of nitrogens with zero attached hydrogens (tertiary/aromatic N) is 3. The van der Waals surface area contributed by atoms with E-state index in [-0.39, 0.29) is 23.7 Å². The van der Waals surface area contributed by atoms with Crippen LogP contribution >= 0.6 is 0 Å². The van der Waals surface area contributed by atoms with Gasteiger partial charge in [0.1, 0.15) is 5.82 Å². The highest BCUT2D eigenvalue weighted by molar-refractivity contribution is 5.77. The van der Waals surface area contributed by atoms with E-state index in [1.165, 1.54) is 0 Å². The largest absolute Gasteiger partial charge is 0.393 e. The molecule has 0 bridgehead atoms. The van der Waals surface area contributed by atoms with Gasteiger partial charge in [-0.15, -0.1) is 0 Å². The van der Waals surface area contributed by atoms with Gasteiger partial charge in [-0.2, -0.15) is 0 Å². The molecule has 1 aromatic rings. The SMILES string of the molecule is CCc1nccn1CCC(=O)N1CC[C@]2(OC)CC[C@@H](O)C[C@H]12. The van der Waals surface area contributed by atoms with Crippen molar-refractivity contribution < 1.29 is 14.6 Å². The third-order valence-electron chi connectivity index (χ3n) is 5.57. The minimum absolute atomic E-state index is 0.0113. The van der Waals surface area contributed by atoms with Gasteiger partial charge in [0.25, 0.3) is 0 Å². The molecule has 6 heteroatoms. The standard InChI is InChI=1S/C17H27N3O3/c1-3-15-18-8-11-19(15)9-5-16(22)20-10-7-17(23-2)6-4-13(21)12-14(17)20/h8,11,13-14,21H,3-7,9-10,12H2,1-2H3/t13-,14+,17-/m1/s1. The number of aryl methyl sites for hydroxylation is 2. The Kier molecular flexibility index (Phi) is 4.73. The van der Waals surface area contributed by atoms with Crippen LogP contribution in [0.25, 0.3) is 0 Å². The van der Waals surface area contributed by atoms with Gasteiger partial charge in [-0.3, -0.25) is 4.79 Å². The highest BCUT2D eigenvalue weighted by Gasteiger charge is 2.52. The summed E-state index contributed by atoms with van der Waals surface area (Å²) < 4.78 is 7.85. The number of methoxy groups -OCH3 is 1. The molecular formula is C17H27N3O3. The summed E-state index contributed by atoms with van der Waals surface area (Å²) in [5, 5.41) is 10.0. The number of ether oxygens (including phenoxy) is 1. The van der Waals surface area contributed by atoms with Crippen molar-refractivity contribution in [1.29, 1.82) is 0 Å². The van der Waals surface area contributed by atoms with Gasteiger partial charge in [0.05, 0.1) is 17.7 Å². The topological polar surface area (TPSA) is 67.6 Å². The van der Waals surface area contributed by atoms with E-state index < -0.39 is 0 Å². The van der Waals surface area contributed by atoms with Crippen LogP contribution in [0.2, 0.25) is 0 Å². The molecule has 3 rings (SSSR count). The fraction of sp³-hybridized carbons (Fsp3) is 0.765. The van der Waals surface area contributed by atoms with E-state index >= 15 is 0 Å². The van der Waals surface area contributed by atoms with E-state index in [0.29, 0.717) is 19.4 Å². The number of aromatic nitrogens is 2. The Morgan fingerprint density at radius 3 is 3.09 bits per heavy atom. The lowest BCUT2D eigenvalue weighted by Gasteiger charge is -2.42. The van der Waals surface area contributed by atoms with Gasteiger partial charge in [-0.25, -0.2) is 4.98 Å². The smallest absolute Gasteiger partial charge is 0.224 e. The maximum absolute atomic E-state index is 12.7. The number of imidazole rings is 1. The van der Waals surface area contributed by atoms with Crippen LogP contribution in [0.5, 0.6) is 0 Å². The van der Waals surface area contributed by atoms with Crippen molar-refractivity contribution in [2.45, 2.75) is 69.7 Å². The molecule has 1 aliphatic carbocycles. The summed E-state index contributed by atoms with van der Waals surface area (Å²) >= 11 is 0. The van der Waals surface area contributed by atoms with E-state index in [9.17, 15) is 9.90 Å². The van der Waals surface area contributed by atoms with Gasteiger partial charge in [-0.1, -0.05) is 6.92 Å². The molecule has 1 N–H and O–H groups in total. The van der Waals surface area contributed by atoms with Crippen molar-refractivity contribution >= 4 is 5.91 Å². The maximum atomic E-state index is 12.7. The molecule has 2 aliphatic rings. The van der Waals surface area contributed by atoms with Gasteiger partial charge < -0.3 is 19.3 Å². The van der Waals surface area contributed by atoms with E-state index in [1.807, 2.05) is 15.7 Å².